The molecule has 0 aliphatic carbocycles. The molecule has 0 aliphatic heterocycles. The fourth-order valence-electron chi connectivity index (χ4n) is 5.77. The molecule has 3 atom stereocenters. The molecule has 0 bridgehead atoms. The van der Waals surface area contributed by atoms with Crippen LogP contribution < -0.4 is 0 Å². The van der Waals surface area contributed by atoms with Crippen LogP contribution in [0.2, 0.25) is 0 Å². The first-order valence-electron chi connectivity index (χ1n) is 15.9. The van der Waals surface area contributed by atoms with E-state index >= 15 is 0 Å². The van der Waals surface area contributed by atoms with Crippen molar-refractivity contribution in [2.45, 2.75) is 151 Å². The molecule has 0 fully saturated rings. The van der Waals surface area contributed by atoms with Gasteiger partial charge in [-0.25, -0.2) is 0 Å². The first-order valence-corrected chi connectivity index (χ1v) is 20.5. The molecule has 0 saturated heterocycles. The zero-order valence-electron chi connectivity index (χ0n) is 26.0. The Labute approximate surface area is 233 Å². The fourth-order valence-corrected chi connectivity index (χ4v) is 12.3. The molecule has 0 saturated carbocycles. The van der Waals surface area contributed by atoms with Gasteiger partial charge in [-0.05, 0) is 69.1 Å². The van der Waals surface area contributed by atoms with Crippen LogP contribution in [0, 0.1) is 17.8 Å². The van der Waals surface area contributed by atoms with Crippen molar-refractivity contribution in [1.82, 2.24) is 0 Å². The second kappa shape index (κ2) is 19.5. The molecule has 0 aromatic carbocycles. The van der Waals surface area contributed by atoms with Crippen LogP contribution in [0.5, 0.6) is 0 Å². The van der Waals surface area contributed by atoms with Crippen LogP contribution in [0.15, 0.2) is 0 Å². The Hall–Kier alpha value is 0.440. The molecular weight excluding hydrogens is 536 g/mol. The Bertz CT molecular complexity index is 493. The molecule has 8 heteroatoms. The van der Waals surface area contributed by atoms with Crippen LogP contribution in [0.4, 0.5) is 25.2 Å². The predicted molar refractivity (Wildman–Crippen MR) is 164 cm³/mol. The predicted octanol–water partition coefficient (Wildman–Crippen LogP) is 14.6. The molecule has 0 spiro atoms. The second-order valence-electron chi connectivity index (χ2n) is 11.9. The number of rotatable bonds is 23. The Balaban J connectivity index is 0. The summed E-state index contributed by atoms with van der Waals surface area (Å²) in [5, 5.41) is 0. The van der Waals surface area contributed by atoms with E-state index < -0.39 is 15.1 Å². The number of hydrogen-bond donors (Lipinski definition) is 0. The average molecular weight is 601 g/mol. The summed E-state index contributed by atoms with van der Waals surface area (Å²) in [5.41, 5.74) is 0. The Morgan fingerprint density at radius 1 is 0.447 bits per heavy atom. The van der Waals surface area contributed by atoms with Crippen LogP contribution in [-0.4, -0.2) is 24.6 Å². The van der Waals surface area contributed by atoms with E-state index in [1.54, 1.807) is 24.6 Å². The Morgan fingerprint density at radius 3 is 0.974 bits per heavy atom. The van der Waals surface area contributed by atoms with Gasteiger partial charge in [0, 0.05) is 7.26 Å². The van der Waals surface area contributed by atoms with Crippen molar-refractivity contribution in [3.05, 3.63) is 0 Å². The second-order valence-corrected chi connectivity index (χ2v) is 18.0. The third-order valence-corrected chi connectivity index (χ3v) is 13.2. The number of hydrogen-bond acceptors (Lipinski definition) is 0. The molecule has 0 aromatic rings. The molecule has 0 aliphatic rings. The third kappa shape index (κ3) is 28.0. The maximum absolute atomic E-state index is 10.7. The van der Waals surface area contributed by atoms with Gasteiger partial charge < -0.3 is 0 Å². The van der Waals surface area contributed by atoms with Gasteiger partial charge in [0.1, 0.15) is 0 Å². The summed E-state index contributed by atoms with van der Waals surface area (Å²) in [4.78, 5) is 0. The van der Waals surface area contributed by atoms with Crippen LogP contribution in [0.3, 0.4) is 0 Å². The van der Waals surface area contributed by atoms with Gasteiger partial charge in [-0.2, -0.15) is 0 Å². The van der Waals surface area contributed by atoms with Crippen LogP contribution >= 0.6 is 15.1 Å². The molecule has 0 N–H and O–H groups in total. The van der Waals surface area contributed by atoms with Crippen molar-refractivity contribution < 1.29 is 25.2 Å². The third-order valence-electron chi connectivity index (χ3n) is 8.05. The van der Waals surface area contributed by atoms with Crippen molar-refractivity contribution in [3.8, 4) is 0 Å². The quantitative estimate of drug-likeness (QED) is 0.0622. The van der Waals surface area contributed by atoms with Gasteiger partial charge in [-0.15, -0.1) is 0 Å². The Kier molecular flexibility index (Phi) is 20.9. The zero-order valence-corrected chi connectivity index (χ0v) is 27.8. The normalized spacial score (nSPS) is 17.9. The molecule has 38 heavy (non-hydrogen) atoms. The molecule has 236 valence electrons. The molecule has 0 rings (SSSR count). The minimum absolute atomic E-state index is 0.875. The van der Waals surface area contributed by atoms with Gasteiger partial charge >= 0.3 is 33.0 Å². The van der Waals surface area contributed by atoms with Gasteiger partial charge in [0.15, 0.2) is 0 Å². The molecule has 0 nitrogen and oxygen atoms in total. The molecule has 0 heterocycles. The van der Waals surface area contributed by atoms with Crippen LogP contribution in [0.25, 0.3) is 0 Å². The van der Waals surface area contributed by atoms with Crippen LogP contribution in [-0.2, 0) is 0 Å². The van der Waals surface area contributed by atoms with E-state index in [2.05, 4.69) is 48.5 Å². The standard InChI is InChI=1S/C30H64P.F6P/c1-8-15-19-20-24-31(25-28(12-5)21-16-9-2,26-29(13-6)22-17-10-3)27-30(14-7)23-18-11-4;1-7(2,3,4,5)6/h28-30H,8-27H2,1-7H3;/q+1;-1. The van der Waals surface area contributed by atoms with Gasteiger partial charge in [0.2, 0.25) is 0 Å². The fraction of sp³-hybridized carbons (Fsp3) is 1.00. The molecule has 0 aromatic heterocycles. The SMILES string of the molecule is CCCCCC[P+](CC(CC)CCCC)(CC(CC)CCCC)CC(CC)CCCC.F[P-](F)(F)(F)(F)F. The maximum atomic E-state index is 9.87. The van der Waals surface area contributed by atoms with Crippen molar-refractivity contribution in [1.29, 1.82) is 0 Å². The molecule has 0 amide bonds. The average Bonchev–Trinajstić information content (AvgIpc) is 2.82. The summed E-state index contributed by atoms with van der Waals surface area (Å²) in [7, 11) is -11.5. The first-order chi connectivity index (χ1) is 17.5. The van der Waals surface area contributed by atoms with Crippen molar-refractivity contribution in [2.24, 2.45) is 17.8 Å². The topological polar surface area (TPSA) is 0 Å². The van der Waals surface area contributed by atoms with Crippen molar-refractivity contribution >= 4 is 15.1 Å². The van der Waals surface area contributed by atoms with E-state index in [0.29, 0.717) is 0 Å². The van der Waals surface area contributed by atoms with Gasteiger partial charge in [-0.1, -0.05) is 99.8 Å². The summed E-state index contributed by atoms with van der Waals surface area (Å²) in [6.07, 6.45) is 29.7. The molecule has 0 radical (unpaired) electrons. The van der Waals surface area contributed by atoms with E-state index in [9.17, 15) is 25.2 Å². The minimum atomic E-state index is -10.7. The summed E-state index contributed by atoms with van der Waals surface area (Å²) in [6, 6.07) is 0. The van der Waals surface area contributed by atoms with E-state index in [0.717, 1.165) is 17.8 Å². The van der Waals surface area contributed by atoms with Crippen molar-refractivity contribution in [3.63, 3.8) is 0 Å². The van der Waals surface area contributed by atoms with E-state index in [1.807, 2.05) is 0 Å². The monoisotopic (exact) mass is 600 g/mol. The van der Waals surface area contributed by atoms with Gasteiger partial charge in [0.05, 0.1) is 24.6 Å². The summed E-state index contributed by atoms with van der Waals surface area (Å²) in [6.45, 7) is 17.0. The number of halogens is 6. The van der Waals surface area contributed by atoms with E-state index in [4.69, 9.17) is 0 Å². The van der Waals surface area contributed by atoms with E-state index in [-0.39, 0.29) is 0 Å². The van der Waals surface area contributed by atoms with Gasteiger partial charge in [0.25, 0.3) is 0 Å². The summed E-state index contributed by atoms with van der Waals surface area (Å²) >= 11 is 0. The summed E-state index contributed by atoms with van der Waals surface area (Å²) in [5.74, 6) is 3.02. The molecular formula is C30H64F6P2. The zero-order chi connectivity index (χ0) is 29.8. The number of unbranched alkanes of at least 4 members (excludes halogenated alkanes) is 6. The molecule has 3 unspecified atom stereocenters. The Morgan fingerprint density at radius 2 is 0.737 bits per heavy atom. The van der Waals surface area contributed by atoms with Crippen molar-refractivity contribution in [2.75, 3.05) is 24.6 Å². The first kappa shape index (κ1) is 40.6. The van der Waals surface area contributed by atoms with Crippen LogP contribution in [0.1, 0.15) is 151 Å². The summed E-state index contributed by atoms with van der Waals surface area (Å²) < 4.78 is 59.2. The van der Waals surface area contributed by atoms with E-state index in [1.165, 1.54) is 103 Å². The van der Waals surface area contributed by atoms with Gasteiger partial charge in [-0.3, -0.25) is 0 Å².